The maximum Gasteiger partial charge on any atom is 0.233 e. The molecule has 0 bridgehead atoms. The molecule has 144 valence electrons. The SMILES string of the molecule is C=Cc1ccc(-c2nnc(NC(=O)C(CCCC)c3ccccc3)s2)c(C)c1. The van der Waals surface area contributed by atoms with E-state index in [0.717, 1.165) is 46.5 Å². The zero-order valence-corrected chi connectivity index (χ0v) is 17.1. The van der Waals surface area contributed by atoms with Crippen LogP contribution in [0.4, 0.5) is 5.13 Å². The molecule has 0 aliphatic heterocycles. The summed E-state index contributed by atoms with van der Waals surface area (Å²) in [5, 5.41) is 12.8. The van der Waals surface area contributed by atoms with Gasteiger partial charge in [0.1, 0.15) is 5.01 Å². The fourth-order valence-corrected chi connectivity index (χ4v) is 4.01. The van der Waals surface area contributed by atoms with Crippen LogP contribution in [0.3, 0.4) is 0 Å². The standard InChI is InChI=1S/C23H25N3OS/c1-4-6-12-20(18-10-8-7-9-11-18)21(27)24-23-26-25-22(28-23)19-14-13-17(5-2)15-16(19)3/h5,7-11,13-15,20H,2,4,6,12H2,1,3H3,(H,24,26,27). The highest BCUT2D eigenvalue weighted by molar-refractivity contribution is 7.18. The molecule has 0 saturated heterocycles. The number of aromatic nitrogens is 2. The van der Waals surface area contributed by atoms with Crippen LogP contribution in [0.15, 0.2) is 55.1 Å². The van der Waals surface area contributed by atoms with Crippen molar-refractivity contribution in [3.8, 4) is 10.6 Å². The number of nitrogens with zero attached hydrogens (tertiary/aromatic N) is 2. The van der Waals surface area contributed by atoms with E-state index >= 15 is 0 Å². The van der Waals surface area contributed by atoms with E-state index < -0.39 is 0 Å². The first-order valence-corrected chi connectivity index (χ1v) is 10.4. The van der Waals surface area contributed by atoms with E-state index in [2.05, 4.69) is 35.1 Å². The van der Waals surface area contributed by atoms with Gasteiger partial charge >= 0.3 is 0 Å². The molecule has 1 unspecified atom stereocenters. The number of hydrogen-bond acceptors (Lipinski definition) is 4. The first-order valence-electron chi connectivity index (χ1n) is 9.55. The van der Waals surface area contributed by atoms with Crippen LogP contribution in [0, 0.1) is 6.92 Å². The van der Waals surface area contributed by atoms with Crippen molar-refractivity contribution < 1.29 is 4.79 Å². The van der Waals surface area contributed by atoms with Gasteiger partial charge < -0.3 is 0 Å². The molecule has 1 atom stereocenters. The number of hydrogen-bond donors (Lipinski definition) is 1. The number of carbonyl (C=O) groups excluding carboxylic acids is 1. The Morgan fingerprint density at radius 3 is 2.68 bits per heavy atom. The van der Waals surface area contributed by atoms with Crippen molar-refractivity contribution in [2.24, 2.45) is 0 Å². The molecule has 2 aromatic carbocycles. The molecule has 0 aliphatic carbocycles. The predicted octanol–water partition coefficient (Wildman–Crippen LogP) is 6.07. The summed E-state index contributed by atoms with van der Waals surface area (Å²) in [7, 11) is 0. The summed E-state index contributed by atoms with van der Waals surface area (Å²) in [5.41, 5.74) is 4.24. The average Bonchev–Trinajstić information content (AvgIpc) is 3.17. The Morgan fingerprint density at radius 1 is 1.21 bits per heavy atom. The van der Waals surface area contributed by atoms with Gasteiger partial charge in [0.15, 0.2) is 0 Å². The number of unbranched alkanes of at least 4 members (excludes halogenated alkanes) is 1. The first kappa shape index (κ1) is 20.0. The lowest BCUT2D eigenvalue weighted by Crippen LogP contribution is -2.21. The topological polar surface area (TPSA) is 54.9 Å². The van der Waals surface area contributed by atoms with E-state index in [0.29, 0.717) is 5.13 Å². The lowest BCUT2D eigenvalue weighted by molar-refractivity contribution is -0.117. The third kappa shape index (κ3) is 4.73. The van der Waals surface area contributed by atoms with E-state index in [1.54, 1.807) is 0 Å². The van der Waals surface area contributed by atoms with Gasteiger partial charge in [-0.3, -0.25) is 10.1 Å². The van der Waals surface area contributed by atoms with Crippen molar-refractivity contribution in [2.45, 2.75) is 39.0 Å². The largest absolute Gasteiger partial charge is 0.300 e. The maximum absolute atomic E-state index is 12.9. The van der Waals surface area contributed by atoms with Crippen LogP contribution in [-0.2, 0) is 4.79 Å². The van der Waals surface area contributed by atoms with Gasteiger partial charge in [0.05, 0.1) is 5.92 Å². The molecular weight excluding hydrogens is 366 g/mol. The van der Waals surface area contributed by atoms with Gasteiger partial charge in [-0.25, -0.2) is 0 Å². The van der Waals surface area contributed by atoms with Crippen LogP contribution in [0.25, 0.3) is 16.6 Å². The van der Waals surface area contributed by atoms with Crippen molar-refractivity contribution in [3.63, 3.8) is 0 Å². The summed E-state index contributed by atoms with van der Waals surface area (Å²) < 4.78 is 0. The van der Waals surface area contributed by atoms with Crippen LogP contribution < -0.4 is 5.32 Å². The lowest BCUT2D eigenvalue weighted by Gasteiger charge is -2.15. The van der Waals surface area contributed by atoms with Gasteiger partial charge in [0.25, 0.3) is 0 Å². The normalized spacial score (nSPS) is 11.8. The summed E-state index contributed by atoms with van der Waals surface area (Å²) in [6.07, 6.45) is 4.70. The molecule has 1 amide bonds. The number of aryl methyl sites for hydroxylation is 1. The minimum Gasteiger partial charge on any atom is -0.300 e. The lowest BCUT2D eigenvalue weighted by atomic mass is 9.93. The Morgan fingerprint density at radius 2 is 2.00 bits per heavy atom. The Bertz CT molecular complexity index is 949. The van der Waals surface area contributed by atoms with Gasteiger partial charge in [-0.1, -0.05) is 92.3 Å². The van der Waals surface area contributed by atoms with E-state index in [-0.39, 0.29) is 11.8 Å². The molecule has 28 heavy (non-hydrogen) atoms. The molecule has 1 heterocycles. The quantitative estimate of drug-likeness (QED) is 0.507. The average molecular weight is 392 g/mol. The fraction of sp³-hybridized carbons (Fsp3) is 0.261. The molecular formula is C23H25N3OS. The highest BCUT2D eigenvalue weighted by Gasteiger charge is 2.21. The smallest absolute Gasteiger partial charge is 0.233 e. The third-order valence-electron chi connectivity index (χ3n) is 4.74. The van der Waals surface area contributed by atoms with Gasteiger partial charge in [-0.15, -0.1) is 10.2 Å². The number of rotatable bonds is 8. The maximum atomic E-state index is 12.9. The van der Waals surface area contributed by atoms with Crippen LogP contribution in [0.2, 0.25) is 0 Å². The first-order chi connectivity index (χ1) is 13.6. The number of anilines is 1. The second-order valence-corrected chi connectivity index (χ2v) is 7.76. The molecule has 1 aromatic heterocycles. The van der Waals surface area contributed by atoms with Gasteiger partial charge in [0, 0.05) is 5.56 Å². The summed E-state index contributed by atoms with van der Waals surface area (Å²) in [5.74, 6) is -0.205. The Kier molecular flexibility index (Phi) is 6.71. The second-order valence-electron chi connectivity index (χ2n) is 6.79. The molecule has 0 aliphatic rings. The molecule has 0 saturated carbocycles. The Balaban J connectivity index is 1.77. The fourth-order valence-electron chi connectivity index (χ4n) is 3.17. The van der Waals surface area contributed by atoms with Crippen LogP contribution in [-0.4, -0.2) is 16.1 Å². The minimum atomic E-state index is -0.179. The van der Waals surface area contributed by atoms with Crippen molar-refractivity contribution in [3.05, 3.63) is 71.8 Å². The molecule has 0 fully saturated rings. The Hall–Kier alpha value is -2.79. The second kappa shape index (κ2) is 9.42. The molecule has 3 rings (SSSR count). The van der Waals surface area contributed by atoms with Gasteiger partial charge in [-0.05, 0) is 30.0 Å². The van der Waals surface area contributed by atoms with E-state index in [1.165, 1.54) is 11.3 Å². The number of amides is 1. The number of carbonyl (C=O) groups is 1. The van der Waals surface area contributed by atoms with Crippen LogP contribution in [0.5, 0.6) is 0 Å². The van der Waals surface area contributed by atoms with Crippen molar-refractivity contribution in [1.82, 2.24) is 10.2 Å². The summed E-state index contributed by atoms with van der Waals surface area (Å²) in [6.45, 7) is 7.98. The number of benzene rings is 2. The number of nitrogens with one attached hydrogen (secondary N) is 1. The van der Waals surface area contributed by atoms with Gasteiger partial charge in [-0.2, -0.15) is 0 Å². The highest BCUT2D eigenvalue weighted by Crippen LogP contribution is 2.31. The molecule has 4 nitrogen and oxygen atoms in total. The highest BCUT2D eigenvalue weighted by atomic mass is 32.1. The zero-order valence-electron chi connectivity index (χ0n) is 16.3. The van der Waals surface area contributed by atoms with Crippen LogP contribution >= 0.6 is 11.3 Å². The zero-order chi connectivity index (χ0) is 19.9. The van der Waals surface area contributed by atoms with E-state index in [1.807, 2.05) is 55.5 Å². The summed E-state index contributed by atoms with van der Waals surface area (Å²) >= 11 is 1.40. The van der Waals surface area contributed by atoms with Crippen LogP contribution in [0.1, 0.15) is 48.8 Å². The summed E-state index contributed by atoms with van der Waals surface area (Å²) in [4.78, 5) is 12.9. The predicted molar refractivity (Wildman–Crippen MR) is 118 cm³/mol. The molecule has 5 heteroatoms. The van der Waals surface area contributed by atoms with E-state index in [4.69, 9.17) is 0 Å². The molecule has 1 N–H and O–H groups in total. The molecule has 3 aromatic rings. The minimum absolute atomic E-state index is 0.0268. The Labute approximate surface area is 170 Å². The van der Waals surface area contributed by atoms with Gasteiger partial charge in [0.2, 0.25) is 11.0 Å². The third-order valence-corrected chi connectivity index (χ3v) is 5.61. The van der Waals surface area contributed by atoms with Crippen molar-refractivity contribution in [1.29, 1.82) is 0 Å². The molecule has 0 spiro atoms. The van der Waals surface area contributed by atoms with E-state index in [9.17, 15) is 4.79 Å². The van der Waals surface area contributed by atoms with Crippen molar-refractivity contribution >= 4 is 28.5 Å². The monoisotopic (exact) mass is 391 g/mol. The van der Waals surface area contributed by atoms with Crippen molar-refractivity contribution in [2.75, 3.05) is 5.32 Å². The summed E-state index contributed by atoms with van der Waals surface area (Å²) in [6, 6.07) is 16.0. The molecule has 0 radical (unpaired) electrons.